The van der Waals surface area contributed by atoms with Crippen molar-refractivity contribution >= 4 is 23.3 Å². The Hall–Kier alpha value is -1.87. The van der Waals surface area contributed by atoms with Gasteiger partial charge in [-0.05, 0) is 30.3 Å². The third-order valence-corrected chi connectivity index (χ3v) is 2.19. The summed E-state index contributed by atoms with van der Waals surface area (Å²) in [5, 5.41) is 3.10. The summed E-state index contributed by atoms with van der Waals surface area (Å²) < 4.78 is 0. The summed E-state index contributed by atoms with van der Waals surface area (Å²) in [5.74, 6) is -0.567. The number of hydrogen-bond acceptors (Lipinski definition) is 2. The van der Waals surface area contributed by atoms with Crippen LogP contribution in [-0.4, -0.2) is 18.2 Å². The van der Waals surface area contributed by atoms with Crippen molar-refractivity contribution in [3.63, 3.8) is 0 Å². The summed E-state index contributed by atoms with van der Waals surface area (Å²) >= 11 is 5.70. The number of hydrogen-bond donors (Lipinski definition) is 1. The molecule has 0 saturated heterocycles. The first-order chi connectivity index (χ1) is 8.13. The molecule has 1 N–H and O–H groups in total. The Morgan fingerprint density at radius 2 is 1.88 bits per heavy atom. The summed E-state index contributed by atoms with van der Waals surface area (Å²) in [6.45, 7) is 3.84. The van der Waals surface area contributed by atoms with Gasteiger partial charge in [0.15, 0.2) is 5.78 Å². The van der Waals surface area contributed by atoms with Gasteiger partial charge in [-0.25, -0.2) is 0 Å². The second kappa shape index (κ2) is 6.66. The Bertz CT molecular complexity index is 449. The molecule has 3 nitrogen and oxygen atoms in total. The zero-order chi connectivity index (χ0) is 12.7. The van der Waals surface area contributed by atoms with Crippen molar-refractivity contribution < 1.29 is 9.59 Å². The van der Waals surface area contributed by atoms with Crippen molar-refractivity contribution in [2.45, 2.75) is 0 Å². The second-order valence-electron chi connectivity index (χ2n) is 3.24. The Morgan fingerprint density at radius 1 is 1.24 bits per heavy atom. The Morgan fingerprint density at radius 3 is 2.47 bits per heavy atom. The molecule has 0 aliphatic carbocycles. The molecule has 88 valence electrons. The largest absolute Gasteiger partial charge is 0.349 e. The quantitative estimate of drug-likeness (QED) is 0.495. The van der Waals surface area contributed by atoms with Gasteiger partial charge in [0.25, 0.3) is 0 Å². The average Bonchev–Trinajstić information content (AvgIpc) is 2.34. The van der Waals surface area contributed by atoms with E-state index in [-0.39, 0.29) is 11.7 Å². The van der Waals surface area contributed by atoms with Crippen LogP contribution in [0.5, 0.6) is 0 Å². The number of rotatable bonds is 5. The fourth-order valence-electron chi connectivity index (χ4n) is 1.09. The molecular formula is C13H12ClNO2. The fourth-order valence-corrected chi connectivity index (χ4v) is 1.22. The molecule has 0 aromatic heterocycles. The van der Waals surface area contributed by atoms with E-state index in [1.165, 1.54) is 12.2 Å². The maximum Gasteiger partial charge on any atom is 0.244 e. The second-order valence-corrected chi connectivity index (χ2v) is 3.67. The molecule has 0 fully saturated rings. The van der Waals surface area contributed by atoms with Gasteiger partial charge in [0.2, 0.25) is 5.91 Å². The molecule has 0 aliphatic rings. The highest BCUT2D eigenvalue weighted by Crippen LogP contribution is 2.10. The molecule has 0 unspecified atom stereocenters. The topological polar surface area (TPSA) is 46.2 Å². The zero-order valence-corrected chi connectivity index (χ0v) is 9.91. The SMILES string of the molecule is C=CCNC(=O)/C=C\C(=O)c1ccc(Cl)cc1. The van der Waals surface area contributed by atoms with Gasteiger partial charge in [0.1, 0.15) is 0 Å². The lowest BCUT2D eigenvalue weighted by Crippen LogP contribution is -2.20. The van der Waals surface area contributed by atoms with Crippen LogP contribution in [0.3, 0.4) is 0 Å². The standard InChI is InChI=1S/C13H12ClNO2/c1-2-9-15-13(17)8-7-12(16)10-3-5-11(14)6-4-10/h2-8H,1,9H2,(H,15,17)/b8-7-. The van der Waals surface area contributed by atoms with Crippen LogP contribution in [-0.2, 0) is 4.79 Å². The summed E-state index contributed by atoms with van der Waals surface area (Å²) in [7, 11) is 0. The molecule has 0 radical (unpaired) electrons. The molecular weight excluding hydrogens is 238 g/mol. The van der Waals surface area contributed by atoms with Gasteiger partial charge < -0.3 is 5.32 Å². The minimum absolute atomic E-state index is 0.240. The third-order valence-electron chi connectivity index (χ3n) is 1.94. The van der Waals surface area contributed by atoms with Crippen LogP contribution in [0.1, 0.15) is 10.4 Å². The number of benzene rings is 1. The van der Waals surface area contributed by atoms with Gasteiger partial charge in [0.05, 0.1) is 0 Å². The molecule has 1 aromatic rings. The van der Waals surface area contributed by atoms with Crippen LogP contribution in [0.2, 0.25) is 5.02 Å². The monoisotopic (exact) mass is 249 g/mol. The summed E-state index contributed by atoms with van der Waals surface area (Å²) in [5.41, 5.74) is 0.488. The van der Waals surface area contributed by atoms with Gasteiger partial charge in [0, 0.05) is 23.2 Å². The average molecular weight is 250 g/mol. The molecule has 0 heterocycles. The van der Waals surface area contributed by atoms with Crippen molar-refractivity contribution in [2.75, 3.05) is 6.54 Å². The van der Waals surface area contributed by atoms with E-state index in [0.717, 1.165) is 0 Å². The molecule has 1 aromatic carbocycles. The molecule has 1 amide bonds. The molecule has 0 aliphatic heterocycles. The fraction of sp³-hybridized carbons (Fsp3) is 0.0769. The first kappa shape index (κ1) is 13.2. The number of allylic oxidation sites excluding steroid dienone is 1. The predicted molar refractivity (Wildman–Crippen MR) is 68.1 cm³/mol. The highest BCUT2D eigenvalue weighted by Gasteiger charge is 2.02. The first-order valence-electron chi connectivity index (χ1n) is 5.00. The Kier molecular flexibility index (Phi) is 5.17. The lowest BCUT2D eigenvalue weighted by molar-refractivity contribution is -0.116. The molecule has 0 saturated carbocycles. The van der Waals surface area contributed by atoms with Gasteiger partial charge >= 0.3 is 0 Å². The van der Waals surface area contributed by atoms with Gasteiger partial charge in [-0.3, -0.25) is 9.59 Å². The van der Waals surface area contributed by atoms with Gasteiger partial charge in [-0.15, -0.1) is 6.58 Å². The van der Waals surface area contributed by atoms with Crippen molar-refractivity contribution in [2.24, 2.45) is 0 Å². The van der Waals surface area contributed by atoms with E-state index in [0.29, 0.717) is 17.1 Å². The van der Waals surface area contributed by atoms with Gasteiger partial charge in [-0.2, -0.15) is 0 Å². The Labute approximate surface area is 105 Å². The molecule has 4 heteroatoms. The van der Waals surface area contributed by atoms with E-state index < -0.39 is 0 Å². The number of halogens is 1. The number of carbonyl (C=O) groups excluding carboxylic acids is 2. The highest BCUT2D eigenvalue weighted by molar-refractivity contribution is 6.30. The Balaban J connectivity index is 2.59. The van der Waals surface area contributed by atoms with Crippen LogP contribution in [0, 0.1) is 0 Å². The van der Waals surface area contributed by atoms with Crippen LogP contribution in [0.25, 0.3) is 0 Å². The normalized spacial score (nSPS) is 10.2. The van der Waals surface area contributed by atoms with E-state index >= 15 is 0 Å². The number of nitrogens with one attached hydrogen (secondary N) is 1. The zero-order valence-electron chi connectivity index (χ0n) is 9.15. The molecule has 1 rings (SSSR count). The number of amides is 1. The molecule has 0 bridgehead atoms. The lowest BCUT2D eigenvalue weighted by atomic mass is 10.1. The molecule has 0 atom stereocenters. The number of carbonyl (C=O) groups is 2. The van der Waals surface area contributed by atoms with Crippen LogP contribution < -0.4 is 5.32 Å². The minimum atomic E-state index is -0.327. The minimum Gasteiger partial charge on any atom is -0.349 e. The van der Waals surface area contributed by atoms with Crippen molar-refractivity contribution in [3.8, 4) is 0 Å². The first-order valence-corrected chi connectivity index (χ1v) is 5.38. The van der Waals surface area contributed by atoms with Crippen molar-refractivity contribution in [3.05, 3.63) is 59.7 Å². The van der Waals surface area contributed by atoms with Crippen LogP contribution in [0.15, 0.2) is 49.1 Å². The van der Waals surface area contributed by atoms with E-state index in [4.69, 9.17) is 11.6 Å². The predicted octanol–water partition coefficient (Wildman–Crippen LogP) is 2.38. The van der Waals surface area contributed by atoms with E-state index in [1.807, 2.05) is 0 Å². The van der Waals surface area contributed by atoms with Gasteiger partial charge in [-0.1, -0.05) is 17.7 Å². The summed E-state index contributed by atoms with van der Waals surface area (Å²) in [6, 6.07) is 6.47. The third kappa shape index (κ3) is 4.66. The molecule has 17 heavy (non-hydrogen) atoms. The van der Waals surface area contributed by atoms with Crippen molar-refractivity contribution in [1.29, 1.82) is 0 Å². The maximum absolute atomic E-state index is 11.6. The molecule has 0 spiro atoms. The highest BCUT2D eigenvalue weighted by atomic mass is 35.5. The lowest BCUT2D eigenvalue weighted by Gasteiger charge is -1.97. The maximum atomic E-state index is 11.6. The van der Waals surface area contributed by atoms with E-state index in [9.17, 15) is 9.59 Å². The van der Waals surface area contributed by atoms with Crippen LogP contribution in [0.4, 0.5) is 0 Å². The smallest absolute Gasteiger partial charge is 0.244 e. The summed E-state index contributed by atoms with van der Waals surface area (Å²) in [4.78, 5) is 22.8. The van der Waals surface area contributed by atoms with Crippen LogP contribution >= 0.6 is 11.6 Å². The van der Waals surface area contributed by atoms with E-state index in [2.05, 4.69) is 11.9 Å². The number of ketones is 1. The summed E-state index contributed by atoms with van der Waals surface area (Å²) in [6.07, 6.45) is 3.98. The van der Waals surface area contributed by atoms with Crippen molar-refractivity contribution in [1.82, 2.24) is 5.32 Å². The van der Waals surface area contributed by atoms with E-state index in [1.54, 1.807) is 30.3 Å².